The van der Waals surface area contributed by atoms with E-state index in [9.17, 15) is 9.59 Å². The van der Waals surface area contributed by atoms with Gasteiger partial charge in [-0.2, -0.15) is 0 Å². The maximum absolute atomic E-state index is 12.6. The summed E-state index contributed by atoms with van der Waals surface area (Å²) in [6, 6.07) is 7.84. The summed E-state index contributed by atoms with van der Waals surface area (Å²) in [4.78, 5) is 27.1. The van der Waals surface area contributed by atoms with Crippen molar-refractivity contribution in [2.75, 3.05) is 19.6 Å². The molecule has 4 aliphatic rings. The fourth-order valence-corrected chi connectivity index (χ4v) is 4.42. The lowest BCUT2D eigenvalue weighted by molar-refractivity contribution is -0.119. The van der Waals surface area contributed by atoms with Gasteiger partial charge in [-0.15, -0.1) is 0 Å². The molecule has 3 aliphatic heterocycles. The SMILES string of the molecule is O=C(N[C@H]1CN2CCC1CC2)c1cc2ccc(CC(=O)C3CC3)cc2o1. The van der Waals surface area contributed by atoms with Gasteiger partial charge in [0.05, 0.1) is 0 Å². The van der Waals surface area contributed by atoms with E-state index in [1.54, 1.807) is 6.07 Å². The summed E-state index contributed by atoms with van der Waals surface area (Å²) < 4.78 is 5.81. The van der Waals surface area contributed by atoms with E-state index in [0.29, 0.717) is 29.5 Å². The fourth-order valence-electron chi connectivity index (χ4n) is 4.42. The molecule has 26 heavy (non-hydrogen) atoms. The Bertz CT molecular complexity index is 859. The fraction of sp³-hybridized carbons (Fsp3) is 0.524. The Balaban J connectivity index is 1.30. The zero-order valence-electron chi connectivity index (χ0n) is 14.9. The number of hydrogen-bond acceptors (Lipinski definition) is 4. The number of ketones is 1. The van der Waals surface area contributed by atoms with Gasteiger partial charge in [0.25, 0.3) is 5.91 Å². The third-order valence-electron chi connectivity index (χ3n) is 6.19. The number of nitrogens with zero attached hydrogens (tertiary/aromatic N) is 1. The Morgan fingerprint density at radius 2 is 1.92 bits per heavy atom. The van der Waals surface area contributed by atoms with Gasteiger partial charge < -0.3 is 14.6 Å². The number of carbonyl (C=O) groups is 2. The van der Waals surface area contributed by atoms with E-state index in [2.05, 4.69) is 10.2 Å². The van der Waals surface area contributed by atoms with Crippen LogP contribution in [0.2, 0.25) is 0 Å². The van der Waals surface area contributed by atoms with Crippen LogP contribution in [-0.4, -0.2) is 42.3 Å². The van der Waals surface area contributed by atoms with Gasteiger partial charge in [-0.05, 0) is 62.4 Å². The smallest absolute Gasteiger partial charge is 0.287 e. The lowest BCUT2D eigenvalue weighted by Gasteiger charge is -2.44. The van der Waals surface area contributed by atoms with E-state index in [0.717, 1.165) is 43.4 Å². The van der Waals surface area contributed by atoms with Crippen LogP contribution in [0.4, 0.5) is 0 Å². The van der Waals surface area contributed by atoms with Crippen LogP contribution in [0.25, 0.3) is 11.0 Å². The first-order valence-electron chi connectivity index (χ1n) is 9.74. The summed E-state index contributed by atoms with van der Waals surface area (Å²) in [5.41, 5.74) is 1.65. The van der Waals surface area contributed by atoms with Gasteiger partial charge >= 0.3 is 0 Å². The summed E-state index contributed by atoms with van der Waals surface area (Å²) >= 11 is 0. The molecule has 5 nitrogen and oxygen atoms in total. The van der Waals surface area contributed by atoms with Gasteiger partial charge in [0.2, 0.25) is 0 Å². The predicted octanol–water partition coefficient (Wildman–Crippen LogP) is 2.78. The number of piperidine rings is 3. The minimum atomic E-state index is -0.129. The minimum absolute atomic E-state index is 0.129. The molecule has 1 N–H and O–H groups in total. The second-order valence-corrected chi connectivity index (χ2v) is 8.12. The molecule has 5 heteroatoms. The monoisotopic (exact) mass is 352 g/mol. The van der Waals surface area contributed by atoms with Gasteiger partial charge in [-0.1, -0.05) is 12.1 Å². The van der Waals surface area contributed by atoms with Crippen molar-refractivity contribution in [2.45, 2.75) is 38.1 Å². The minimum Gasteiger partial charge on any atom is -0.451 e. The molecule has 3 saturated heterocycles. The molecule has 1 amide bonds. The van der Waals surface area contributed by atoms with Gasteiger partial charge in [-0.3, -0.25) is 9.59 Å². The number of Topliss-reactive ketones (excluding diaryl/α,β-unsaturated/α-hetero) is 1. The van der Waals surface area contributed by atoms with Crippen molar-refractivity contribution < 1.29 is 14.0 Å². The van der Waals surface area contributed by atoms with Crippen LogP contribution in [0.15, 0.2) is 28.7 Å². The molecule has 0 radical (unpaired) electrons. The molecule has 136 valence electrons. The van der Waals surface area contributed by atoms with Crippen molar-refractivity contribution in [1.82, 2.24) is 10.2 Å². The van der Waals surface area contributed by atoms with Crippen molar-refractivity contribution in [3.8, 4) is 0 Å². The molecular weight excluding hydrogens is 328 g/mol. The molecular formula is C21H24N2O3. The van der Waals surface area contributed by atoms with Crippen LogP contribution >= 0.6 is 0 Å². The molecule has 1 saturated carbocycles. The molecule has 2 bridgehead atoms. The Kier molecular flexibility index (Phi) is 3.85. The van der Waals surface area contributed by atoms with E-state index < -0.39 is 0 Å². The average Bonchev–Trinajstić information content (AvgIpc) is 3.42. The standard InChI is InChI=1S/C21H24N2O3/c24-18(15-3-4-15)9-13-1-2-16-11-20(26-19(16)10-13)21(25)22-17-12-23-7-5-14(17)6-8-23/h1-2,10-11,14-15,17H,3-9,12H2,(H,22,25)/t17-/m0/s1. The van der Waals surface area contributed by atoms with Gasteiger partial charge in [0.15, 0.2) is 5.76 Å². The highest BCUT2D eigenvalue weighted by Gasteiger charge is 2.35. The van der Waals surface area contributed by atoms with Crippen molar-refractivity contribution >= 4 is 22.7 Å². The van der Waals surface area contributed by atoms with E-state index in [1.807, 2.05) is 18.2 Å². The Labute approximate surface area is 152 Å². The van der Waals surface area contributed by atoms with E-state index in [-0.39, 0.29) is 17.9 Å². The van der Waals surface area contributed by atoms with Crippen molar-refractivity contribution in [1.29, 1.82) is 0 Å². The predicted molar refractivity (Wildman–Crippen MR) is 98.1 cm³/mol. The van der Waals surface area contributed by atoms with Gasteiger partial charge in [0, 0.05) is 30.3 Å². The number of furan rings is 1. The lowest BCUT2D eigenvalue weighted by atomic mass is 9.84. The van der Waals surface area contributed by atoms with Crippen LogP contribution in [0.5, 0.6) is 0 Å². The molecule has 1 aliphatic carbocycles. The summed E-state index contributed by atoms with van der Waals surface area (Å²) in [5.74, 6) is 1.41. The molecule has 1 aromatic heterocycles. The van der Waals surface area contributed by atoms with Crippen molar-refractivity contribution in [3.63, 3.8) is 0 Å². The topological polar surface area (TPSA) is 62.6 Å². The molecule has 4 fully saturated rings. The second kappa shape index (κ2) is 6.23. The largest absolute Gasteiger partial charge is 0.451 e. The van der Waals surface area contributed by atoms with Crippen LogP contribution in [-0.2, 0) is 11.2 Å². The van der Waals surface area contributed by atoms with Crippen LogP contribution in [0.1, 0.15) is 41.8 Å². The Hall–Kier alpha value is -2.14. The highest BCUT2D eigenvalue weighted by Crippen LogP contribution is 2.32. The Morgan fingerprint density at radius 1 is 1.12 bits per heavy atom. The Morgan fingerprint density at radius 3 is 2.62 bits per heavy atom. The normalized spacial score (nSPS) is 27.6. The average molecular weight is 352 g/mol. The quantitative estimate of drug-likeness (QED) is 0.899. The molecule has 1 atom stereocenters. The highest BCUT2D eigenvalue weighted by atomic mass is 16.3. The maximum Gasteiger partial charge on any atom is 0.287 e. The lowest BCUT2D eigenvalue weighted by Crippen LogP contribution is -2.57. The maximum atomic E-state index is 12.6. The summed E-state index contributed by atoms with van der Waals surface area (Å²) in [5, 5.41) is 4.08. The molecule has 4 heterocycles. The number of rotatable bonds is 5. The van der Waals surface area contributed by atoms with Crippen LogP contribution < -0.4 is 5.32 Å². The molecule has 1 aromatic carbocycles. The number of nitrogens with one attached hydrogen (secondary N) is 1. The first kappa shape index (κ1) is 16.1. The zero-order chi connectivity index (χ0) is 17.7. The molecule has 6 rings (SSSR count). The first-order chi connectivity index (χ1) is 12.7. The summed E-state index contributed by atoms with van der Waals surface area (Å²) in [6.07, 6.45) is 4.87. The van der Waals surface area contributed by atoms with Crippen LogP contribution in [0.3, 0.4) is 0 Å². The molecule has 0 spiro atoms. The number of hydrogen-bond donors (Lipinski definition) is 1. The summed E-state index contributed by atoms with van der Waals surface area (Å²) in [6.45, 7) is 3.26. The van der Waals surface area contributed by atoms with E-state index in [1.165, 1.54) is 12.8 Å². The molecule has 0 unspecified atom stereocenters. The van der Waals surface area contributed by atoms with E-state index in [4.69, 9.17) is 4.42 Å². The van der Waals surface area contributed by atoms with Crippen molar-refractivity contribution in [3.05, 3.63) is 35.6 Å². The number of fused-ring (bicyclic) bond motifs is 4. The number of carbonyl (C=O) groups excluding carboxylic acids is 2. The molecule has 2 aromatic rings. The number of benzene rings is 1. The second-order valence-electron chi connectivity index (χ2n) is 8.12. The summed E-state index contributed by atoms with van der Waals surface area (Å²) in [7, 11) is 0. The van der Waals surface area contributed by atoms with E-state index >= 15 is 0 Å². The van der Waals surface area contributed by atoms with Crippen LogP contribution in [0, 0.1) is 11.8 Å². The third-order valence-corrected chi connectivity index (χ3v) is 6.19. The first-order valence-corrected chi connectivity index (χ1v) is 9.74. The van der Waals surface area contributed by atoms with Crippen molar-refractivity contribution in [2.24, 2.45) is 11.8 Å². The highest BCUT2D eigenvalue weighted by molar-refractivity contribution is 5.96. The van der Waals surface area contributed by atoms with Gasteiger partial charge in [-0.25, -0.2) is 0 Å². The number of amides is 1. The van der Waals surface area contributed by atoms with Gasteiger partial charge in [0.1, 0.15) is 11.4 Å². The third kappa shape index (κ3) is 3.05. The zero-order valence-corrected chi connectivity index (χ0v) is 14.9.